The van der Waals surface area contributed by atoms with Gasteiger partial charge in [0.2, 0.25) is 0 Å². The van der Waals surface area contributed by atoms with Crippen LogP contribution in [0.3, 0.4) is 0 Å². The van der Waals surface area contributed by atoms with E-state index in [4.69, 9.17) is 0 Å². The van der Waals surface area contributed by atoms with Gasteiger partial charge < -0.3 is 10.6 Å². The second kappa shape index (κ2) is 7.40. The van der Waals surface area contributed by atoms with Gasteiger partial charge in [0.05, 0.1) is 0 Å². The molecule has 0 aliphatic rings. The summed E-state index contributed by atoms with van der Waals surface area (Å²) >= 11 is 0. The minimum atomic E-state index is -0.480. The molecule has 0 aliphatic heterocycles. The van der Waals surface area contributed by atoms with Gasteiger partial charge in [-0.3, -0.25) is 4.79 Å². The van der Waals surface area contributed by atoms with Gasteiger partial charge in [-0.1, -0.05) is 6.07 Å². The van der Waals surface area contributed by atoms with E-state index < -0.39 is 11.8 Å². The van der Waals surface area contributed by atoms with E-state index in [1.54, 1.807) is 30.3 Å². The minimum absolute atomic E-state index is 0. The topological polar surface area (TPSA) is 58.2 Å². The fourth-order valence-corrected chi connectivity index (χ4v) is 1.65. The molecule has 2 aromatic carbocycles. The Morgan fingerprint density at radius 3 is 2.14 bits per heavy atom. The molecular weight excluding hydrogens is 295 g/mol. The molecule has 0 fully saturated rings. The Labute approximate surface area is 127 Å². The van der Waals surface area contributed by atoms with Crippen molar-refractivity contribution in [3.05, 3.63) is 59.9 Å². The molecule has 0 bridgehead atoms. The normalized spacial score (nSPS) is 9.43. The van der Waals surface area contributed by atoms with E-state index in [0.29, 0.717) is 16.9 Å². The number of hydrogen-bond acceptors (Lipinski definition) is 2. The zero-order chi connectivity index (χ0) is 14.5. The number of Topliss-reactive ketones (excluding diaryl/α,β-unsaturated/α-hetero) is 1. The number of carbonyl (C=O) groups is 2. The molecule has 0 atom stereocenters. The van der Waals surface area contributed by atoms with Crippen molar-refractivity contribution in [3.63, 3.8) is 0 Å². The lowest BCUT2D eigenvalue weighted by atomic mass is 10.1. The average molecular weight is 309 g/mol. The molecule has 0 aliphatic carbocycles. The zero-order valence-electron chi connectivity index (χ0n) is 11.2. The standard InChI is InChI=1S/C15H13FN2O2.ClH/c1-10(19)11-5-7-13(8-6-11)17-15(20)18-14-4-2-3-12(16)9-14;/h2-9H,1H3,(H2,17,18,20);1H. The Kier molecular flexibility index (Phi) is 5.87. The van der Waals surface area contributed by atoms with Crippen LogP contribution in [0.25, 0.3) is 0 Å². The molecule has 2 aromatic rings. The van der Waals surface area contributed by atoms with Crippen LogP contribution in [0.4, 0.5) is 20.6 Å². The largest absolute Gasteiger partial charge is 0.323 e. The average Bonchev–Trinajstić information content (AvgIpc) is 2.39. The van der Waals surface area contributed by atoms with Crippen LogP contribution in [0.15, 0.2) is 48.5 Å². The summed E-state index contributed by atoms with van der Waals surface area (Å²) in [5.41, 5.74) is 1.48. The predicted octanol–water partition coefficient (Wildman–Crippen LogP) is 4.09. The van der Waals surface area contributed by atoms with Gasteiger partial charge in [0.1, 0.15) is 5.82 Å². The smallest absolute Gasteiger partial charge is 0.308 e. The van der Waals surface area contributed by atoms with Crippen molar-refractivity contribution >= 4 is 35.6 Å². The molecule has 2 amide bonds. The maximum absolute atomic E-state index is 13.0. The summed E-state index contributed by atoms with van der Waals surface area (Å²) in [6, 6.07) is 11.6. The summed E-state index contributed by atoms with van der Waals surface area (Å²) in [5.74, 6) is -0.464. The van der Waals surface area contributed by atoms with E-state index >= 15 is 0 Å². The Balaban J connectivity index is 0.00000220. The third-order valence-corrected chi connectivity index (χ3v) is 2.63. The summed E-state index contributed by atoms with van der Waals surface area (Å²) < 4.78 is 13.0. The Hall–Kier alpha value is -2.40. The summed E-state index contributed by atoms with van der Waals surface area (Å²) in [5, 5.41) is 5.10. The molecule has 6 heteroatoms. The van der Waals surface area contributed by atoms with Crippen LogP contribution in [0.1, 0.15) is 17.3 Å². The van der Waals surface area contributed by atoms with Crippen LogP contribution >= 0.6 is 12.4 Å². The number of rotatable bonds is 3. The molecule has 0 saturated carbocycles. The Morgan fingerprint density at radius 1 is 0.952 bits per heavy atom. The third-order valence-electron chi connectivity index (χ3n) is 2.63. The molecule has 0 heterocycles. The van der Waals surface area contributed by atoms with Crippen molar-refractivity contribution in [2.75, 3.05) is 10.6 Å². The number of ketones is 1. The highest BCUT2D eigenvalue weighted by Gasteiger charge is 2.04. The van der Waals surface area contributed by atoms with Gasteiger partial charge >= 0.3 is 6.03 Å². The van der Waals surface area contributed by atoms with Gasteiger partial charge in [0.25, 0.3) is 0 Å². The number of benzene rings is 2. The number of nitrogens with one attached hydrogen (secondary N) is 2. The van der Waals surface area contributed by atoms with Gasteiger partial charge in [-0.15, -0.1) is 12.4 Å². The highest BCUT2D eigenvalue weighted by molar-refractivity contribution is 6.00. The number of halogens is 2. The molecule has 0 radical (unpaired) electrons. The second-order valence-corrected chi connectivity index (χ2v) is 4.22. The van der Waals surface area contributed by atoms with E-state index in [0.717, 1.165) is 0 Å². The fourth-order valence-electron chi connectivity index (χ4n) is 1.65. The molecule has 0 saturated heterocycles. The first kappa shape index (κ1) is 16.7. The third kappa shape index (κ3) is 4.89. The lowest BCUT2D eigenvalue weighted by Gasteiger charge is -2.08. The summed E-state index contributed by atoms with van der Waals surface area (Å²) in [4.78, 5) is 22.8. The lowest BCUT2D eigenvalue weighted by Crippen LogP contribution is -2.19. The van der Waals surface area contributed by atoms with Crippen molar-refractivity contribution in [1.82, 2.24) is 0 Å². The lowest BCUT2D eigenvalue weighted by molar-refractivity contribution is 0.101. The highest BCUT2D eigenvalue weighted by Crippen LogP contribution is 2.12. The first-order valence-corrected chi connectivity index (χ1v) is 5.99. The van der Waals surface area contributed by atoms with Crippen LogP contribution in [-0.2, 0) is 0 Å². The number of anilines is 2. The summed E-state index contributed by atoms with van der Waals surface area (Å²) in [6.07, 6.45) is 0. The first-order valence-electron chi connectivity index (χ1n) is 5.99. The van der Waals surface area contributed by atoms with Crippen molar-refractivity contribution in [3.8, 4) is 0 Å². The van der Waals surface area contributed by atoms with E-state index in [-0.39, 0.29) is 18.2 Å². The molecule has 110 valence electrons. The number of hydrogen-bond donors (Lipinski definition) is 2. The molecule has 0 unspecified atom stereocenters. The Morgan fingerprint density at radius 2 is 1.57 bits per heavy atom. The van der Waals surface area contributed by atoms with Crippen LogP contribution in [0.5, 0.6) is 0 Å². The van der Waals surface area contributed by atoms with Crippen molar-refractivity contribution < 1.29 is 14.0 Å². The highest BCUT2D eigenvalue weighted by atomic mass is 35.5. The maximum Gasteiger partial charge on any atom is 0.323 e. The molecule has 0 spiro atoms. The molecule has 2 rings (SSSR count). The summed E-state index contributed by atoms with van der Waals surface area (Å²) in [6.45, 7) is 1.47. The SMILES string of the molecule is CC(=O)c1ccc(NC(=O)Nc2cccc(F)c2)cc1.Cl. The van der Waals surface area contributed by atoms with Gasteiger partial charge in [-0.05, 0) is 49.4 Å². The van der Waals surface area contributed by atoms with Crippen LogP contribution in [-0.4, -0.2) is 11.8 Å². The minimum Gasteiger partial charge on any atom is -0.308 e. The predicted molar refractivity (Wildman–Crippen MR) is 82.7 cm³/mol. The summed E-state index contributed by atoms with van der Waals surface area (Å²) in [7, 11) is 0. The van der Waals surface area contributed by atoms with Gasteiger partial charge in [-0.2, -0.15) is 0 Å². The van der Waals surface area contributed by atoms with Gasteiger partial charge in [0.15, 0.2) is 5.78 Å². The van der Waals surface area contributed by atoms with E-state index in [1.165, 1.54) is 25.1 Å². The van der Waals surface area contributed by atoms with E-state index in [9.17, 15) is 14.0 Å². The molecule has 2 N–H and O–H groups in total. The van der Waals surface area contributed by atoms with Crippen molar-refractivity contribution in [2.45, 2.75) is 6.92 Å². The van der Waals surface area contributed by atoms with Crippen LogP contribution in [0.2, 0.25) is 0 Å². The second-order valence-electron chi connectivity index (χ2n) is 4.22. The number of carbonyl (C=O) groups excluding carboxylic acids is 2. The van der Waals surface area contributed by atoms with Crippen LogP contribution < -0.4 is 10.6 Å². The monoisotopic (exact) mass is 308 g/mol. The zero-order valence-corrected chi connectivity index (χ0v) is 12.0. The number of amides is 2. The Bertz CT molecular complexity index is 644. The molecule has 0 aromatic heterocycles. The first-order chi connectivity index (χ1) is 9.54. The maximum atomic E-state index is 13.0. The van der Waals surface area contributed by atoms with Gasteiger partial charge in [0, 0.05) is 16.9 Å². The molecule has 21 heavy (non-hydrogen) atoms. The van der Waals surface area contributed by atoms with E-state index in [1.807, 2.05) is 0 Å². The van der Waals surface area contributed by atoms with Crippen LogP contribution in [0, 0.1) is 5.82 Å². The quantitative estimate of drug-likeness (QED) is 0.839. The molecular formula is C15H14ClFN2O2. The number of urea groups is 1. The van der Waals surface area contributed by atoms with Crippen molar-refractivity contribution in [2.24, 2.45) is 0 Å². The molecule has 4 nitrogen and oxygen atoms in total. The van der Waals surface area contributed by atoms with E-state index in [2.05, 4.69) is 10.6 Å². The fraction of sp³-hybridized carbons (Fsp3) is 0.0667. The van der Waals surface area contributed by atoms with Crippen molar-refractivity contribution in [1.29, 1.82) is 0 Å². The van der Waals surface area contributed by atoms with Gasteiger partial charge in [-0.25, -0.2) is 9.18 Å².